The van der Waals surface area contributed by atoms with E-state index in [9.17, 15) is 0 Å². The second kappa shape index (κ2) is 6.45. The van der Waals surface area contributed by atoms with Crippen molar-refractivity contribution in [1.82, 2.24) is 4.98 Å². The third-order valence-corrected chi connectivity index (χ3v) is 3.18. The second-order valence-electron chi connectivity index (χ2n) is 4.66. The van der Waals surface area contributed by atoms with E-state index in [1.54, 1.807) is 6.07 Å². The number of aromatic nitrogens is 1. The molecule has 0 radical (unpaired) electrons. The number of hydrogen-bond donors (Lipinski definition) is 2. The van der Waals surface area contributed by atoms with Crippen molar-refractivity contribution in [2.75, 3.05) is 0 Å². The Balaban J connectivity index is 2.31. The number of amidine groups is 1. The highest BCUT2D eigenvalue weighted by molar-refractivity contribution is 6.30. The van der Waals surface area contributed by atoms with Crippen molar-refractivity contribution in [1.29, 1.82) is 0 Å². The fourth-order valence-electron chi connectivity index (χ4n) is 2.05. The molecule has 5 nitrogen and oxygen atoms in total. The molecule has 0 saturated carbocycles. The number of aryl methyl sites for hydroxylation is 2. The topological polar surface area (TPSA) is 80.7 Å². The van der Waals surface area contributed by atoms with Gasteiger partial charge in [-0.05, 0) is 43.2 Å². The molecule has 0 unspecified atom stereocenters. The Hall–Kier alpha value is -2.27. The molecule has 0 amide bonds. The minimum Gasteiger partial charge on any atom is -0.472 e. The molecule has 110 valence electrons. The molecule has 6 heteroatoms. The highest BCUT2D eigenvalue weighted by atomic mass is 35.5. The monoisotopic (exact) mass is 305 g/mol. The summed E-state index contributed by atoms with van der Waals surface area (Å²) in [6, 6.07) is 9.20. The third-order valence-electron chi connectivity index (χ3n) is 2.94. The fraction of sp³-hybridized carbons (Fsp3) is 0.200. The molecular formula is C15H16ClN3O2. The molecule has 0 aliphatic heterocycles. The number of oxime groups is 1. The Morgan fingerprint density at radius 1 is 1.38 bits per heavy atom. The van der Waals surface area contributed by atoms with E-state index in [0.29, 0.717) is 23.1 Å². The summed E-state index contributed by atoms with van der Waals surface area (Å²) in [7, 11) is 0. The number of rotatable bonds is 4. The van der Waals surface area contributed by atoms with Crippen LogP contribution >= 0.6 is 11.6 Å². The predicted octanol–water partition coefficient (Wildman–Crippen LogP) is 3.03. The standard InChI is InChI=1S/C15H16ClN3O2/c1-9-6-10(2)18-15(13(9)14(17)19-20)21-8-11-4-3-5-12(16)7-11/h3-7,20H,8H2,1-2H3,(H2,17,19). The van der Waals surface area contributed by atoms with Crippen molar-refractivity contribution in [3.63, 3.8) is 0 Å². The van der Waals surface area contributed by atoms with E-state index in [1.165, 1.54) is 0 Å². The van der Waals surface area contributed by atoms with Gasteiger partial charge in [0.05, 0.1) is 5.56 Å². The Bertz CT molecular complexity index is 687. The number of pyridine rings is 1. The molecule has 1 aromatic carbocycles. The second-order valence-corrected chi connectivity index (χ2v) is 5.10. The molecule has 0 fully saturated rings. The first-order chi connectivity index (χ1) is 10.0. The van der Waals surface area contributed by atoms with Gasteiger partial charge in [-0.1, -0.05) is 28.9 Å². The molecule has 0 spiro atoms. The number of halogens is 1. The lowest BCUT2D eigenvalue weighted by atomic mass is 10.1. The Morgan fingerprint density at radius 2 is 2.14 bits per heavy atom. The number of benzene rings is 1. The Labute approximate surface area is 128 Å². The molecule has 0 aliphatic rings. The number of nitrogens with two attached hydrogens (primary N) is 1. The van der Waals surface area contributed by atoms with Crippen LogP contribution in [-0.2, 0) is 6.61 Å². The van der Waals surface area contributed by atoms with Gasteiger partial charge in [-0.3, -0.25) is 0 Å². The number of ether oxygens (including phenoxy) is 1. The van der Waals surface area contributed by atoms with Gasteiger partial charge in [0.25, 0.3) is 0 Å². The zero-order valence-corrected chi connectivity index (χ0v) is 12.6. The van der Waals surface area contributed by atoms with Gasteiger partial charge in [-0.25, -0.2) is 4.98 Å². The van der Waals surface area contributed by atoms with E-state index in [1.807, 2.05) is 38.1 Å². The maximum Gasteiger partial charge on any atom is 0.225 e. The van der Waals surface area contributed by atoms with Crippen LogP contribution in [0, 0.1) is 13.8 Å². The van der Waals surface area contributed by atoms with Crippen molar-refractivity contribution in [3.05, 3.63) is 57.7 Å². The van der Waals surface area contributed by atoms with Gasteiger partial charge < -0.3 is 15.7 Å². The summed E-state index contributed by atoms with van der Waals surface area (Å²) in [6.45, 7) is 4.01. The first-order valence-corrected chi connectivity index (χ1v) is 6.72. The van der Waals surface area contributed by atoms with Gasteiger partial charge in [-0.15, -0.1) is 0 Å². The first-order valence-electron chi connectivity index (χ1n) is 6.34. The van der Waals surface area contributed by atoms with E-state index in [4.69, 9.17) is 27.3 Å². The van der Waals surface area contributed by atoms with Crippen LogP contribution in [0.15, 0.2) is 35.5 Å². The van der Waals surface area contributed by atoms with Gasteiger partial charge in [-0.2, -0.15) is 0 Å². The van der Waals surface area contributed by atoms with E-state index >= 15 is 0 Å². The third kappa shape index (κ3) is 3.64. The lowest BCUT2D eigenvalue weighted by Gasteiger charge is -2.13. The summed E-state index contributed by atoms with van der Waals surface area (Å²) in [5.41, 5.74) is 8.73. The highest BCUT2D eigenvalue weighted by Crippen LogP contribution is 2.22. The van der Waals surface area contributed by atoms with Gasteiger partial charge in [0.2, 0.25) is 5.88 Å². The molecular weight excluding hydrogens is 290 g/mol. The van der Waals surface area contributed by atoms with Crippen molar-refractivity contribution in [2.24, 2.45) is 10.9 Å². The van der Waals surface area contributed by atoms with Crippen LogP contribution in [0.1, 0.15) is 22.4 Å². The van der Waals surface area contributed by atoms with Crippen LogP contribution in [0.5, 0.6) is 5.88 Å². The average molecular weight is 306 g/mol. The summed E-state index contributed by atoms with van der Waals surface area (Å²) in [5.74, 6) is 0.309. The molecule has 0 aliphatic carbocycles. The van der Waals surface area contributed by atoms with E-state index < -0.39 is 0 Å². The van der Waals surface area contributed by atoms with Gasteiger partial charge in [0.15, 0.2) is 5.84 Å². The van der Waals surface area contributed by atoms with Crippen molar-refractivity contribution in [3.8, 4) is 5.88 Å². The number of hydrogen-bond acceptors (Lipinski definition) is 4. The molecule has 3 N–H and O–H groups in total. The van der Waals surface area contributed by atoms with Crippen molar-refractivity contribution >= 4 is 17.4 Å². The Kier molecular flexibility index (Phi) is 4.65. The summed E-state index contributed by atoms with van der Waals surface area (Å²) in [6.07, 6.45) is 0. The summed E-state index contributed by atoms with van der Waals surface area (Å²) >= 11 is 5.94. The first kappa shape index (κ1) is 15.1. The summed E-state index contributed by atoms with van der Waals surface area (Å²) in [5, 5.41) is 12.6. The molecule has 1 heterocycles. The van der Waals surface area contributed by atoms with Gasteiger partial charge in [0, 0.05) is 10.7 Å². The fourth-order valence-corrected chi connectivity index (χ4v) is 2.26. The van der Waals surface area contributed by atoms with E-state index in [0.717, 1.165) is 16.8 Å². The molecule has 0 atom stereocenters. The average Bonchev–Trinajstić information content (AvgIpc) is 2.44. The van der Waals surface area contributed by atoms with E-state index in [-0.39, 0.29) is 5.84 Å². The quantitative estimate of drug-likeness (QED) is 0.394. The Morgan fingerprint density at radius 3 is 2.81 bits per heavy atom. The summed E-state index contributed by atoms with van der Waals surface area (Å²) < 4.78 is 5.72. The van der Waals surface area contributed by atoms with Gasteiger partial charge >= 0.3 is 0 Å². The zero-order valence-electron chi connectivity index (χ0n) is 11.8. The lowest BCUT2D eigenvalue weighted by Crippen LogP contribution is -2.17. The van der Waals surface area contributed by atoms with Crippen LogP contribution < -0.4 is 10.5 Å². The van der Waals surface area contributed by atoms with Crippen LogP contribution in [0.2, 0.25) is 5.02 Å². The minimum absolute atomic E-state index is 0.0268. The molecule has 1 aromatic heterocycles. The molecule has 0 saturated heterocycles. The maximum absolute atomic E-state index is 8.89. The van der Waals surface area contributed by atoms with Crippen molar-refractivity contribution in [2.45, 2.75) is 20.5 Å². The highest BCUT2D eigenvalue weighted by Gasteiger charge is 2.14. The van der Waals surface area contributed by atoms with Crippen LogP contribution in [0.25, 0.3) is 0 Å². The minimum atomic E-state index is -0.0268. The van der Waals surface area contributed by atoms with Crippen LogP contribution in [0.3, 0.4) is 0 Å². The SMILES string of the molecule is Cc1cc(C)c(C(N)=NO)c(OCc2cccc(Cl)c2)n1. The van der Waals surface area contributed by atoms with Crippen LogP contribution in [0.4, 0.5) is 0 Å². The molecule has 0 bridgehead atoms. The number of nitrogens with zero attached hydrogens (tertiary/aromatic N) is 2. The van der Waals surface area contributed by atoms with Crippen LogP contribution in [-0.4, -0.2) is 16.0 Å². The normalized spacial score (nSPS) is 11.5. The predicted molar refractivity (Wildman–Crippen MR) is 82.0 cm³/mol. The van der Waals surface area contributed by atoms with Crippen molar-refractivity contribution < 1.29 is 9.94 Å². The summed E-state index contributed by atoms with van der Waals surface area (Å²) in [4.78, 5) is 4.31. The van der Waals surface area contributed by atoms with Gasteiger partial charge in [0.1, 0.15) is 6.61 Å². The molecule has 2 rings (SSSR count). The largest absolute Gasteiger partial charge is 0.472 e. The smallest absolute Gasteiger partial charge is 0.225 e. The molecule has 2 aromatic rings. The zero-order chi connectivity index (χ0) is 15.4. The maximum atomic E-state index is 8.89. The molecule has 21 heavy (non-hydrogen) atoms. The lowest BCUT2D eigenvalue weighted by molar-refractivity contribution is 0.291. The van der Waals surface area contributed by atoms with E-state index in [2.05, 4.69) is 10.1 Å².